The van der Waals surface area contributed by atoms with Gasteiger partial charge in [0.2, 0.25) is 0 Å². The van der Waals surface area contributed by atoms with E-state index in [-0.39, 0.29) is 0 Å². The fourth-order valence-corrected chi connectivity index (χ4v) is 2.00. The normalized spacial score (nSPS) is 10.8. The van der Waals surface area contributed by atoms with E-state index < -0.39 is 0 Å². The van der Waals surface area contributed by atoms with Crippen LogP contribution in [0.1, 0.15) is 5.69 Å². The minimum Gasteiger partial charge on any atom is -0.305 e. The predicted octanol–water partition coefficient (Wildman–Crippen LogP) is 1.95. The van der Waals surface area contributed by atoms with Crippen molar-refractivity contribution in [2.75, 3.05) is 7.11 Å². The molecule has 2 rings (SSSR count). The van der Waals surface area contributed by atoms with E-state index in [2.05, 4.69) is 22.0 Å². The summed E-state index contributed by atoms with van der Waals surface area (Å²) in [6.45, 7) is 0.653. The van der Waals surface area contributed by atoms with E-state index in [1.54, 1.807) is 7.11 Å². The molecule has 0 radical (unpaired) electrons. The summed E-state index contributed by atoms with van der Waals surface area (Å²) in [5, 5.41) is 1.21. The van der Waals surface area contributed by atoms with Crippen molar-refractivity contribution in [2.45, 2.75) is 6.54 Å². The second kappa shape index (κ2) is 3.83. The lowest BCUT2D eigenvalue weighted by molar-refractivity contribution is 0.0863. The second-order valence-corrected chi connectivity index (χ2v) is 3.46. The molecule has 0 saturated carbocycles. The molecule has 2 aromatic rings. The summed E-state index contributed by atoms with van der Waals surface area (Å²) < 4.78 is 5.55. The number of benzene rings is 1. The highest BCUT2D eigenvalue weighted by molar-refractivity contribution is 7.13. The van der Waals surface area contributed by atoms with Crippen molar-refractivity contribution < 1.29 is 4.84 Å². The Morgan fingerprint density at radius 3 is 3.15 bits per heavy atom. The molecule has 1 aromatic carbocycles. The molecule has 0 bridgehead atoms. The Labute approximate surface area is 80.5 Å². The van der Waals surface area contributed by atoms with Crippen LogP contribution >= 0.6 is 11.5 Å². The van der Waals surface area contributed by atoms with Gasteiger partial charge in [-0.05, 0) is 17.6 Å². The summed E-state index contributed by atoms with van der Waals surface area (Å²) in [5.41, 5.74) is 3.83. The highest BCUT2D eigenvalue weighted by Crippen LogP contribution is 2.21. The first-order valence-electron chi connectivity index (χ1n) is 4.01. The van der Waals surface area contributed by atoms with Crippen LogP contribution in [0.3, 0.4) is 0 Å². The Kier molecular flexibility index (Phi) is 2.54. The Morgan fingerprint density at radius 1 is 1.46 bits per heavy atom. The smallest absolute Gasteiger partial charge is 0.0782 e. The fraction of sp³-hybridized carbons (Fsp3) is 0.222. The molecule has 68 valence electrons. The van der Waals surface area contributed by atoms with Crippen molar-refractivity contribution in [2.24, 2.45) is 0 Å². The summed E-state index contributed by atoms with van der Waals surface area (Å²) in [6, 6.07) is 8.19. The van der Waals surface area contributed by atoms with Gasteiger partial charge >= 0.3 is 0 Å². The van der Waals surface area contributed by atoms with Crippen LogP contribution in [0.2, 0.25) is 0 Å². The molecule has 13 heavy (non-hydrogen) atoms. The van der Waals surface area contributed by atoms with Crippen molar-refractivity contribution in [1.29, 1.82) is 0 Å². The zero-order chi connectivity index (χ0) is 9.10. The molecule has 1 aromatic heterocycles. The highest BCUT2D eigenvalue weighted by Gasteiger charge is 2.03. The van der Waals surface area contributed by atoms with Crippen LogP contribution in [0, 0.1) is 0 Å². The highest BCUT2D eigenvalue weighted by atomic mass is 32.1. The zero-order valence-corrected chi connectivity index (χ0v) is 8.10. The third-order valence-electron chi connectivity index (χ3n) is 1.84. The van der Waals surface area contributed by atoms with Gasteiger partial charge in [-0.1, -0.05) is 18.2 Å². The molecule has 0 amide bonds. The van der Waals surface area contributed by atoms with Crippen LogP contribution in [0.5, 0.6) is 0 Å². The molecule has 1 N–H and O–H groups in total. The first kappa shape index (κ1) is 8.62. The van der Waals surface area contributed by atoms with Crippen LogP contribution in [0.4, 0.5) is 0 Å². The lowest BCUT2D eigenvalue weighted by Gasteiger charge is -1.97. The summed E-state index contributed by atoms with van der Waals surface area (Å²) in [5.74, 6) is 0. The second-order valence-electron chi connectivity index (χ2n) is 2.65. The maximum atomic E-state index is 4.78. The molecule has 0 aliphatic rings. The third-order valence-corrected chi connectivity index (χ3v) is 2.70. The predicted molar refractivity (Wildman–Crippen MR) is 53.5 cm³/mol. The number of nitrogens with zero attached hydrogens (tertiary/aromatic N) is 1. The molecular formula is C9H10N2OS. The van der Waals surface area contributed by atoms with Crippen LogP contribution in [0.15, 0.2) is 24.3 Å². The van der Waals surface area contributed by atoms with E-state index in [4.69, 9.17) is 4.84 Å². The summed E-state index contributed by atoms with van der Waals surface area (Å²) in [7, 11) is 1.61. The topological polar surface area (TPSA) is 34.1 Å². The molecule has 0 atom stereocenters. The van der Waals surface area contributed by atoms with E-state index >= 15 is 0 Å². The van der Waals surface area contributed by atoms with Crippen molar-refractivity contribution in [3.8, 4) is 0 Å². The van der Waals surface area contributed by atoms with Crippen molar-refractivity contribution in [3.63, 3.8) is 0 Å². The molecule has 0 saturated heterocycles. The molecule has 0 aliphatic heterocycles. The van der Waals surface area contributed by atoms with Gasteiger partial charge in [-0.15, -0.1) is 0 Å². The first-order chi connectivity index (χ1) is 6.42. The third kappa shape index (κ3) is 1.70. The van der Waals surface area contributed by atoms with Gasteiger partial charge < -0.3 is 4.84 Å². The Morgan fingerprint density at radius 2 is 2.31 bits per heavy atom. The van der Waals surface area contributed by atoms with Crippen LogP contribution in [-0.2, 0) is 11.4 Å². The Bertz CT molecular complexity index is 399. The lowest BCUT2D eigenvalue weighted by atomic mass is 10.2. The van der Waals surface area contributed by atoms with E-state index in [1.165, 1.54) is 21.6 Å². The summed E-state index contributed by atoms with van der Waals surface area (Å²) in [6.07, 6.45) is 0. The molecule has 0 spiro atoms. The van der Waals surface area contributed by atoms with Gasteiger partial charge in [0, 0.05) is 5.39 Å². The van der Waals surface area contributed by atoms with Crippen LogP contribution in [-0.4, -0.2) is 11.5 Å². The van der Waals surface area contributed by atoms with Crippen LogP contribution in [0.25, 0.3) is 10.1 Å². The number of aromatic nitrogens is 1. The van der Waals surface area contributed by atoms with Crippen molar-refractivity contribution in [3.05, 3.63) is 30.0 Å². The first-order valence-corrected chi connectivity index (χ1v) is 4.78. The van der Waals surface area contributed by atoms with Gasteiger partial charge in [-0.2, -0.15) is 9.85 Å². The Balaban J connectivity index is 2.35. The largest absolute Gasteiger partial charge is 0.305 e. The summed E-state index contributed by atoms with van der Waals surface area (Å²) in [4.78, 5) is 4.78. The van der Waals surface area contributed by atoms with Gasteiger partial charge in [0.1, 0.15) is 0 Å². The van der Waals surface area contributed by atoms with Crippen molar-refractivity contribution >= 4 is 21.6 Å². The van der Waals surface area contributed by atoms with Gasteiger partial charge in [0.15, 0.2) is 0 Å². The number of rotatable bonds is 3. The average Bonchev–Trinajstić information content (AvgIpc) is 2.58. The van der Waals surface area contributed by atoms with E-state index in [0.29, 0.717) is 6.54 Å². The van der Waals surface area contributed by atoms with Crippen molar-refractivity contribution in [1.82, 2.24) is 9.85 Å². The average molecular weight is 194 g/mol. The van der Waals surface area contributed by atoms with E-state index in [9.17, 15) is 0 Å². The van der Waals surface area contributed by atoms with Gasteiger partial charge in [-0.25, -0.2) is 0 Å². The lowest BCUT2D eigenvalue weighted by Crippen LogP contribution is -2.10. The minimum atomic E-state index is 0.653. The molecule has 4 heteroatoms. The monoisotopic (exact) mass is 194 g/mol. The summed E-state index contributed by atoms with van der Waals surface area (Å²) >= 11 is 1.52. The quantitative estimate of drug-likeness (QED) is 0.758. The fourth-order valence-electron chi connectivity index (χ4n) is 1.21. The van der Waals surface area contributed by atoms with E-state index in [0.717, 1.165) is 5.69 Å². The van der Waals surface area contributed by atoms with Gasteiger partial charge in [0.05, 0.1) is 24.0 Å². The molecule has 3 nitrogen and oxygen atoms in total. The molecule has 1 heterocycles. The SMILES string of the molecule is CONCc1nsc2ccccc12. The minimum absolute atomic E-state index is 0.653. The number of hydroxylamine groups is 1. The molecule has 0 aliphatic carbocycles. The molecule has 0 unspecified atom stereocenters. The van der Waals surface area contributed by atoms with E-state index in [1.807, 2.05) is 12.1 Å². The number of hydrogen-bond acceptors (Lipinski definition) is 4. The van der Waals surface area contributed by atoms with Gasteiger partial charge in [-0.3, -0.25) is 0 Å². The van der Waals surface area contributed by atoms with Crippen LogP contribution < -0.4 is 5.48 Å². The zero-order valence-electron chi connectivity index (χ0n) is 7.28. The van der Waals surface area contributed by atoms with Gasteiger partial charge in [0.25, 0.3) is 0 Å². The number of hydrogen-bond donors (Lipinski definition) is 1. The standard InChI is InChI=1S/C9H10N2OS/c1-12-10-6-8-7-4-2-3-5-9(7)13-11-8/h2-5,10H,6H2,1H3. The Hall–Kier alpha value is -0.970. The molecular weight excluding hydrogens is 184 g/mol. The maximum absolute atomic E-state index is 4.78. The number of fused-ring (bicyclic) bond motifs is 1. The molecule has 0 fully saturated rings. The number of nitrogens with one attached hydrogen (secondary N) is 1. The maximum Gasteiger partial charge on any atom is 0.0782 e.